The second-order valence-electron chi connectivity index (χ2n) is 10.2. The monoisotopic (exact) mass is 649 g/mol. The molecule has 46 heavy (non-hydrogen) atoms. The van der Waals surface area contributed by atoms with Crippen LogP contribution in [0.15, 0.2) is 72.0 Å². The van der Waals surface area contributed by atoms with Gasteiger partial charge in [-0.25, -0.2) is 35.6 Å². The molecule has 2 N–H and O–H groups in total. The molecule has 0 fully saturated rings. The van der Waals surface area contributed by atoms with Crippen LogP contribution >= 0.6 is 0 Å². The molecule has 10 nitrogen and oxygen atoms in total. The van der Waals surface area contributed by atoms with Gasteiger partial charge < -0.3 is 4.98 Å². The van der Waals surface area contributed by atoms with E-state index in [0.29, 0.717) is 46.8 Å². The minimum Gasteiger partial charge on any atom is -0.345 e. The predicted molar refractivity (Wildman–Crippen MR) is 158 cm³/mol. The molecule has 232 valence electrons. The Morgan fingerprint density at radius 3 is 2.35 bits per heavy atom. The maximum atomic E-state index is 15.7. The maximum absolute atomic E-state index is 15.7. The van der Waals surface area contributed by atoms with Crippen LogP contribution < -0.4 is 4.72 Å². The second-order valence-corrected chi connectivity index (χ2v) is 11.8. The number of pyridine rings is 1. The average molecular weight is 650 g/mol. The topological polar surface area (TPSA) is 144 Å². The number of ketones is 2. The number of hydrogen-bond acceptors (Lipinski definition) is 7. The number of Topliss-reactive ketones (excluding diaryl/α,β-unsaturated/α-hetero) is 1. The van der Waals surface area contributed by atoms with E-state index >= 15 is 8.78 Å². The minimum absolute atomic E-state index is 0.00726. The maximum Gasteiger partial charge on any atom is 0.265 e. The molecule has 0 radical (unpaired) electrons. The summed E-state index contributed by atoms with van der Waals surface area (Å²) in [6.45, 7) is 2.57. The van der Waals surface area contributed by atoms with Gasteiger partial charge in [-0.2, -0.15) is 5.10 Å². The van der Waals surface area contributed by atoms with Crippen LogP contribution in [0.4, 0.5) is 23.2 Å². The molecule has 0 unspecified atom stereocenters. The summed E-state index contributed by atoms with van der Waals surface area (Å²) in [7, 11) is -4.93. The van der Waals surface area contributed by atoms with Gasteiger partial charge >= 0.3 is 0 Å². The van der Waals surface area contributed by atoms with Crippen molar-refractivity contribution in [2.24, 2.45) is 0 Å². The third kappa shape index (κ3) is 4.99. The van der Waals surface area contributed by atoms with Crippen molar-refractivity contribution in [2.75, 3.05) is 4.72 Å². The minimum atomic E-state index is -4.93. The van der Waals surface area contributed by atoms with Crippen LogP contribution in [-0.4, -0.2) is 45.6 Å². The van der Waals surface area contributed by atoms with E-state index in [2.05, 4.69) is 15.1 Å². The Morgan fingerprint density at radius 1 is 0.891 bits per heavy atom. The van der Waals surface area contributed by atoms with Crippen molar-refractivity contribution in [3.63, 3.8) is 0 Å². The highest BCUT2D eigenvalue weighted by Crippen LogP contribution is 2.35. The van der Waals surface area contributed by atoms with E-state index in [1.807, 2.05) is 0 Å². The van der Waals surface area contributed by atoms with Crippen LogP contribution in [0.5, 0.6) is 0 Å². The number of anilines is 1. The molecule has 0 saturated carbocycles. The lowest BCUT2D eigenvalue weighted by Crippen LogP contribution is -2.18. The predicted octanol–water partition coefficient (Wildman–Crippen LogP) is 6.03. The molecule has 6 aromatic rings. The SMILES string of the molecule is CC(=O)c1c(-c2ccc3c(cnn3C(C)=O)c2)cnc2[nH]cc(C(=O)c3c(F)ccc(NS(=O)(=O)c4cc(F)ccc4F)c3F)c12. The standard InChI is InChI=1S/C31H19F4N5O5S/c1-14(41)26-19(16-3-8-24-17(9-16)11-38-40(24)15(2)42)12-36-31-27(26)20(13-37-31)30(43)28-22(34)6-7-23(29(28)35)39-46(44,45)25-10-18(32)4-5-21(25)33/h3-13,39H,1-2H3,(H,36,37). The lowest BCUT2D eigenvalue weighted by Gasteiger charge is -2.13. The van der Waals surface area contributed by atoms with E-state index in [9.17, 15) is 31.6 Å². The fraction of sp³-hybridized carbons (Fsp3) is 0.0645. The Hall–Kier alpha value is -5.70. The van der Waals surface area contributed by atoms with Crippen LogP contribution in [-0.2, 0) is 10.0 Å². The number of rotatable bonds is 7. The molecule has 0 aliphatic rings. The number of carbonyl (C=O) groups excluding carboxylic acids is 3. The average Bonchev–Trinajstić information content (AvgIpc) is 3.63. The lowest BCUT2D eigenvalue weighted by atomic mass is 9.92. The first-order chi connectivity index (χ1) is 21.8. The Bertz CT molecular complexity index is 2400. The van der Waals surface area contributed by atoms with Gasteiger partial charge in [-0.1, -0.05) is 6.07 Å². The Morgan fingerprint density at radius 2 is 1.63 bits per heavy atom. The summed E-state index contributed by atoms with van der Waals surface area (Å²) in [4.78, 5) is 44.5. The zero-order chi connectivity index (χ0) is 33.1. The number of H-pyrrole nitrogens is 1. The van der Waals surface area contributed by atoms with Gasteiger partial charge in [0.15, 0.2) is 11.6 Å². The van der Waals surface area contributed by atoms with Gasteiger partial charge in [-0.3, -0.25) is 19.1 Å². The van der Waals surface area contributed by atoms with E-state index in [4.69, 9.17) is 0 Å². The largest absolute Gasteiger partial charge is 0.345 e. The highest BCUT2D eigenvalue weighted by molar-refractivity contribution is 7.92. The molecule has 3 aromatic heterocycles. The Balaban J connectivity index is 1.47. The summed E-state index contributed by atoms with van der Waals surface area (Å²) in [5.74, 6) is -7.52. The first kappa shape index (κ1) is 30.3. The van der Waals surface area contributed by atoms with Gasteiger partial charge in [0, 0.05) is 41.2 Å². The first-order valence-corrected chi connectivity index (χ1v) is 14.8. The number of nitrogens with zero attached hydrogens (tertiary/aromatic N) is 3. The first-order valence-electron chi connectivity index (χ1n) is 13.3. The summed E-state index contributed by atoms with van der Waals surface area (Å²) in [6, 6.07) is 7.80. The molecule has 0 aliphatic heterocycles. The van der Waals surface area contributed by atoms with E-state index in [1.165, 1.54) is 30.9 Å². The molecule has 3 aromatic carbocycles. The van der Waals surface area contributed by atoms with Crippen molar-refractivity contribution in [3.8, 4) is 11.1 Å². The number of fused-ring (bicyclic) bond motifs is 2. The normalized spacial score (nSPS) is 11.7. The highest BCUT2D eigenvalue weighted by atomic mass is 32.2. The number of halogens is 4. The number of carbonyl (C=O) groups is 3. The molecule has 0 spiro atoms. The quantitative estimate of drug-likeness (QED) is 0.159. The molecule has 0 saturated heterocycles. The van der Waals surface area contributed by atoms with E-state index in [0.717, 1.165) is 6.20 Å². The van der Waals surface area contributed by atoms with Crippen molar-refractivity contribution in [3.05, 3.63) is 107 Å². The molecule has 3 heterocycles. The van der Waals surface area contributed by atoms with Gasteiger partial charge in [-0.15, -0.1) is 0 Å². The fourth-order valence-electron chi connectivity index (χ4n) is 5.17. The Labute approximate surface area is 256 Å². The van der Waals surface area contributed by atoms with Gasteiger partial charge in [0.2, 0.25) is 11.7 Å². The summed E-state index contributed by atoms with van der Waals surface area (Å²) in [5.41, 5.74) is -1.17. The van der Waals surface area contributed by atoms with Crippen molar-refractivity contribution in [2.45, 2.75) is 18.7 Å². The second kappa shape index (κ2) is 11.0. The smallest absolute Gasteiger partial charge is 0.265 e. The number of aromatic amines is 1. The number of aromatic nitrogens is 4. The summed E-state index contributed by atoms with van der Waals surface area (Å²) < 4.78 is 87.1. The van der Waals surface area contributed by atoms with E-state index < -0.39 is 61.0 Å². The van der Waals surface area contributed by atoms with Crippen molar-refractivity contribution >= 4 is 55.1 Å². The molecule has 0 aliphatic carbocycles. The van der Waals surface area contributed by atoms with Crippen LogP contribution in [0.2, 0.25) is 0 Å². The summed E-state index contributed by atoms with van der Waals surface area (Å²) in [6.07, 6.45) is 3.94. The summed E-state index contributed by atoms with van der Waals surface area (Å²) >= 11 is 0. The molecule has 6 rings (SSSR count). The van der Waals surface area contributed by atoms with E-state index in [-0.39, 0.29) is 33.6 Å². The third-order valence-corrected chi connectivity index (χ3v) is 8.60. The zero-order valence-electron chi connectivity index (χ0n) is 23.7. The molecule has 0 atom stereocenters. The summed E-state index contributed by atoms with van der Waals surface area (Å²) in [5, 5.41) is 4.57. The van der Waals surface area contributed by atoms with Crippen molar-refractivity contribution in [1.29, 1.82) is 0 Å². The van der Waals surface area contributed by atoms with Gasteiger partial charge in [0.25, 0.3) is 10.0 Å². The molecular formula is C31H19F4N5O5S. The zero-order valence-corrected chi connectivity index (χ0v) is 24.5. The van der Waals surface area contributed by atoms with Gasteiger partial charge in [0.1, 0.15) is 28.0 Å². The van der Waals surface area contributed by atoms with E-state index in [1.54, 1.807) is 22.9 Å². The lowest BCUT2D eigenvalue weighted by molar-refractivity contribution is 0.0925. The van der Waals surface area contributed by atoms with Crippen LogP contribution in [0, 0.1) is 23.3 Å². The van der Waals surface area contributed by atoms with Crippen LogP contribution in [0.3, 0.4) is 0 Å². The fourth-order valence-corrected chi connectivity index (χ4v) is 6.32. The van der Waals surface area contributed by atoms with Crippen molar-refractivity contribution < 1.29 is 40.4 Å². The number of nitrogens with one attached hydrogen (secondary N) is 2. The third-order valence-electron chi connectivity index (χ3n) is 7.22. The number of sulfonamides is 1. The molecule has 0 bridgehead atoms. The molecule has 0 amide bonds. The van der Waals surface area contributed by atoms with Gasteiger partial charge in [-0.05, 0) is 55.0 Å². The highest BCUT2D eigenvalue weighted by Gasteiger charge is 2.29. The van der Waals surface area contributed by atoms with Crippen LogP contribution in [0.1, 0.15) is 44.9 Å². The Kier molecular flexibility index (Phi) is 7.27. The van der Waals surface area contributed by atoms with Crippen molar-refractivity contribution in [1.82, 2.24) is 19.7 Å². The van der Waals surface area contributed by atoms with Crippen LogP contribution in [0.25, 0.3) is 33.1 Å². The number of hydrogen-bond donors (Lipinski definition) is 2. The molecule has 15 heteroatoms. The molecular weight excluding hydrogens is 630 g/mol. The van der Waals surface area contributed by atoms with Gasteiger partial charge in [0.05, 0.1) is 28.5 Å². The number of benzene rings is 3.